The van der Waals surface area contributed by atoms with Crippen molar-refractivity contribution in [2.75, 3.05) is 12.7 Å². The Morgan fingerprint density at radius 1 is 1.24 bits per heavy atom. The fourth-order valence-corrected chi connectivity index (χ4v) is 1.76. The highest BCUT2D eigenvalue weighted by Gasteiger charge is 2.06. The number of carbonyl (C=O) groups excluding carboxylic acids is 1. The van der Waals surface area contributed by atoms with Crippen molar-refractivity contribution in [3.8, 4) is 0 Å². The molecule has 1 aromatic carbocycles. The second kappa shape index (κ2) is 5.93. The number of amides is 1. The number of carbonyl (C=O) groups is 1. The first kappa shape index (κ1) is 13.9. The quantitative estimate of drug-likeness (QED) is 0.541. The fourth-order valence-electron chi connectivity index (χ4n) is 1.23. The molecule has 0 N–H and O–H groups in total. The van der Waals surface area contributed by atoms with Gasteiger partial charge in [-0.25, -0.2) is 0 Å². The topological polar surface area (TPSA) is 107 Å². The Morgan fingerprint density at radius 2 is 1.82 bits per heavy atom. The minimum Gasteiger partial charge on any atom is -0.811 e. The monoisotopic (exact) mass is 256 g/mol. The third kappa shape index (κ3) is 5.10. The van der Waals surface area contributed by atoms with Gasteiger partial charge >= 0.3 is 0 Å². The van der Waals surface area contributed by atoms with Crippen LogP contribution in [0.3, 0.4) is 0 Å². The molecule has 0 spiro atoms. The van der Waals surface area contributed by atoms with E-state index in [1.165, 1.54) is 12.1 Å². The van der Waals surface area contributed by atoms with Crippen molar-refractivity contribution >= 4 is 13.5 Å². The van der Waals surface area contributed by atoms with Crippen LogP contribution in [0, 0.1) is 5.21 Å². The van der Waals surface area contributed by atoms with Crippen LogP contribution >= 0.6 is 7.60 Å². The van der Waals surface area contributed by atoms with E-state index < -0.39 is 19.7 Å². The highest BCUT2D eigenvalue weighted by molar-refractivity contribution is 7.48. The Bertz CT molecular complexity index is 416. The van der Waals surface area contributed by atoms with Crippen molar-refractivity contribution in [1.82, 2.24) is 5.06 Å². The first-order chi connectivity index (χ1) is 7.90. The summed E-state index contributed by atoms with van der Waals surface area (Å²) in [6, 6.07) is 7.91. The van der Waals surface area contributed by atoms with Crippen molar-refractivity contribution < 1.29 is 19.1 Å². The lowest BCUT2D eigenvalue weighted by Gasteiger charge is -2.32. The van der Waals surface area contributed by atoms with Crippen molar-refractivity contribution in [2.45, 2.75) is 6.42 Å². The molecule has 6 nitrogen and oxygen atoms in total. The smallest absolute Gasteiger partial charge is 0.243 e. The zero-order valence-electron chi connectivity index (χ0n) is 8.94. The molecule has 0 aromatic heterocycles. The molecule has 0 aliphatic rings. The van der Waals surface area contributed by atoms with Gasteiger partial charge in [-0.1, -0.05) is 25.8 Å². The zero-order valence-corrected chi connectivity index (χ0v) is 9.84. The van der Waals surface area contributed by atoms with E-state index >= 15 is 0 Å². The highest BCUT2D eigenvalue weighted by Crippen LogP contribution is 2.23. The Kier molecular flexibility index (Phi) is 4.84. The van der Waals surface area contributed by atoms with Crippen LogP contribution in [-0.4, -0.2) is 23.7 Å². The zero-order chi connectivity index (χ0) is 12.9. The highest BCUT2D eigenvalue weighted by atomic mass is 31.2. The Hall–Kier alpha value is -1.20. The average Bonchev–Trinajstić information content (AvgIpc) is 2.27. The molecule has 0 unspecified atom stereocenters. The molecule has 0 saturated carbocycles. The first-order valence-corrected chi connectivity index (χ1v) is 6.68. The maximum absolute atomic E-state index is 11.5. The summed E-state index contributed by atoms with van der Waals surface area (Å²) in [5.74, 6) is -0.739. The molecule has 7 heteroatoms. The molecule has 17 heavy (non-hydrogen) atoms. The summed E-state index contributed by atoms with van der Waals surface area (Å²) in [4.78, 5) is 32.1. The molecule has 0 fully saturated rings. The van der Waals surface area contributed by atoms with E-state index in [0.29, 0.717) is 0 Å². The van der Waals surface area contributed by atoms with Gasteiger partial charge in [-0.3, -0.25) is 4.79 Å². The van der Waals surface area contributed by atoms with E-state index in [-0.39, 0.29) is 23.6 Å². The summed E-state index contributed by atoms with van der Waals surface area (Å²) in [6.07, 6.45) is -0.764. The van der Waals surface area contributed by atoms with Crippen LogP contribution in [0.25, 0.3) is 0 Å². The molecular weight excluding hydrogens is 245 g/mol. The molecule has 0 bridgehead atoms. The van der Waals surface area contributed by atoms with E-state index in [2.05, 4.69) is 0 Å². The molecule has 1 amide bonds. The molecule has 1 aromatic rings. The van der Waals surface area contributed by atoms with E-state index in [0.717, 1.165) is 0 Å². The van der Waals surface area contributed by atoms with E-state index in [9.17, 15) is 24.4 Å². The number of rotatable bonds is 5. The maximum atomic E-state index is 11.5. The van der Waals surface area contributed by atoms with Gasteiger partial charge in [-0.2, -0.15) is 0 Å². The predicted octanol–water partition coefficient (Wildman–Crippen LogP) is -0.0696. The number of nitrogens with zero attached hydrogens (tertiary/aromatic N) is 1. The van der Waals surface area contributed by atoms with Gasteiger partial charge in [0.15, 0.2) is 0 Å². The van der Waals surface area contributed by atoms with Crippen LogP contribution in [-0.2, 0) is 4.57 Å². The third-order valence-electron chi connectivity index (χ3n) is 2.04. The second-order valence-electron chi connectivity index (χ2n) is 3.46. The van der Waals surface area contributed by atoms with Gasteiger partial charge in [-0.15, -0.1) is 0 Å². The molecule has 0 aliphatic heterocycles. The molecule has 0 atom stereocenters. The minimum atomic E-state index is -4.60. The van der Waals surface area contributed by atoms with Gasteiger partial charge in [-0.05, 0) is 24.7 Å². The number of hydrogen-bond donors (Lipinski definition) is 0. The van der Waals surface area contributed by atoms with Crippen LogP contribution in [0.5, 0.6) is 0 Å². The van der Waals surface area contributed by atoms with Crippen molar-refractivity contribution in [3.05, 3.63) is 41.1 Å². The molecule has 0 aliphatic carbocycles. The van der Waals surface area contributed by atoms with Gasteiger partial charge in [0.25, 0.3) is 0 Å². The summed E-state index contributed by atoms with van der Waals surface area (Å²) >= 11 is 0. The van der Waals surface area contributed by atoms with Crippen LogP contribution < -0.4 is 9.79 Å². The average molecular weight is 256 g/mol. The molecule has 1 rings (SSSR count). The summed E-state index contributed by atoms with van der Waals surface area (Å²) in [7, 11) is -4.60. The SMILES string of the molecule is O=C(c1ccccc1)N([O-])CCCP(=O)([O-])[O-]. The van der Waals surface area contributed by atoms with Gasteiger partial charge < -0.3 is 24.6 Å². The Morgan fingerprint density at radius 3 is 2.35 bits per heavy atom. The van der Waals surface area contributed by atoms with Gasteiger partial charge in [0, 0.05) is 12.1 Å². The fraction of sp³-hybridized carbons (Fsp3) is 0.300. The van der Waals surface area contributed by atoms with E-state index in [1.54, 1.807) is 18.2 Å². The van der Waals surface area contributed by atoms with Crippen molar-refractivity contribution in [3.63, 3.8) is 0 Å². The minimum absolute atomic E-state index is 0.146. The lowest BCUT2D eigenvalue weighted by atomic mass is 10.2. The van der Waals surface area contributed by atoms with Gasteiger partial charge in [0.1, 0.15) is 0 Å². The molecule has 94 valence electrons. The lowest BCUT2D eigenvalue weighted by Crippen LogP contribution is -2.27. The molecular formula is C10H11NO5P-3. The predicted molar refractivity (Wildman–Crippen MR) is 57.9 cm³/mol. The van der Waals surface area contributed by atoms with Crippen LogP contribution in [0.4, 0.5) is 0 Å². The standard InChI is InChI=1S/C10H13NO5P/c12-10(9-5-2-1-3-6-9)11(13)7-4-8-17(14,15)16/h1-3,5-6H,4,7-8H2,(H2,14,15,16)/q-1/p-2. The summed E-state index contributed by atoms with van der Waals surface area (Å²) in [5.41, 5.74) is 0.231. The molecule has 0 heterocycles. The maximum Gasteiger partial charge on any atom is 0.243 e. The lowest BCUT2D eigenvalue weighted by molar-refractivity contribution is -0.313. The van der Waals surface area contributed by atoms with Crippen LogP contribution in [0.1, 0.15) is 16.8 Å². The Labute approximate surface area is 98.6 Å². The first-order valence-electron chi connectivity index (χ1n) is 4.95. The van der Waals surface area contributed by atoms with E-state index in [1.807, 2.05) is 0 Å². The Balaban J connectivity index is 2.46. The van der Waals surface area contributed by atoms with Gasteiger partial charge in [0.05, 0.1) is 0 Å². The van der Waals surface area contributed by atoms with Crippen LogP contribution in [0.2, 0.25) is 0 Å². The summed E-state index contributed by atoms with van der Waals surface area (Å²) in [6.45, 7) is -0.303. The van der Waals surface area contributed by atoms with Gasteiger partial charge in [0.2, 0.25) is 5.91 Å². The largest absolute Gasteiger partial charge is 0.811 e. The van der Waals surface area contributed by atoms with Crippen molar-refractivity contribution in [2.24, 2.45) is 0 Å². The van der Waals surface area contributed by atoms with Crippen molar-refractivity contribution in [1.29, 1.82) is 0 Å². The number of hydroxylamine groups is 2. The van der Waals surface area contributed by atoms with E-state index in [4.69, 9.17) is 0 Å². The normalized spacial score (nSPS) is 11.2. The summed E-state index contributed by atoms with van der Waals surface area (Å²) < 4.78 is 10.3. The summed E-state index contributed by atoms with van der Waals surface area (Å²) in [5, 5.41) is 11.5. The third-order valence-corrected chi connectivity index (χ3v) is 2.90. The molecule has 0 saturated heterocycles. The number of hydrogen-bond acceptors (Lipinski definition) is 5. The second-order valence-corrected chi connectivity index (χ2v) is 5.13. The molecule has 0 radical (unpaired) electrons. The van der Waals surface area contributed by atoms with Crippen LogP contribution in [0.15, 0.2) is 30.3 Å². The number of benzene rings is 1.